The number of anilines is 2. The van der Waals surface area contributed by atoms with Gasteiger partial charge in [-0.1, -0.05) is 95.3 Å². The summed E-state index contributed by atoms with van der Waals surface area (Å²) in [6.45, 7) is 0. The van der Waals surface area contributed by atoms with Crippen LogP contribution in [-0.2, 0) is 16.0 Å². The van der Waals surface area contributed by atoms with Crippen LogP contribution in [0, 0.1) is 22.7 Å². The Balaban J connectivity index is 1.03. The minimum absolute atomic E-state index is 0.00421. The van der Waals surface area contributed by atoms with Gasteiger partial charge in [0.1, 0.15) is 0 Å². The lowest BCUT2D eigenvalue weighted by atomic mass is 9.96. The van der Waals surface area contributed by atoms with E-state index in [0.717, 1.165) is 23.5 Å². The molecule has 14 nitrogen and oxygen atoms in total. The van der Waals surface area contributed by atoms with Crippen LogP contribution in [-0.4, -0.2) is 45.6 Å². The highest BCUT2D eigenvalue weighted by Gasteiger charge is 2.22. The average Bonchev–Trinajstić information content (AvgIpc) is 3.17. The van der Waals surface area contributed by atoms with Crippen molar-refractivity contribution in [1.29, 1.82) is 10.5 Å². The second kappa shape index (κ2) is 17.9. The smallest absolute Gasteiger partial charge is 0.234 e. The lowest BCUT2D eigenvalue weighted by Crippen LogP contribution is -2.39. The van der Waals surface area contributed by atoms with Crippen molar-refractivity contribution in [3.05, 3.63) is 128 Å². The van der Waals surface area contributed by atoms with Crippen LogP contribution in [0.4, 0.5) is 11.4 Å². The second-order valence-corrected chi connectivity index (χ2v) is 14.5. The molecule has 2 aliphatic rings. The van der Waals surface area contributed by atoms with Crippen LogP contribution in [0.2, 0.25) is 10.0 Å². The highest BCUT2D eigenvalue weighted by molar-refractivity contribution is 8.14. The van der Waals surface area contributed by atoms with Gasteiger partial charge >= 0.3 is 0 Å². The number of amides is 2. The SMILES string of the molecule is N#Cc1cc(NC(=O)CSC2=N[C@H](c3ccccc3Cl)N=C(N)N2)ccc1Cc1ccc(NC(=O)CSC2=N[C@H](c3ccccc3Cl)N=C(N)N2)cc1C#N. The number of nitrogens with two attached hydrogens (primary N) is 2. The summed E-state index contributed by atoms with van der Waals surface area (Å²) >= 11 is 14.9. The van der Waals surface area contributed by atoms with Gasteiger partial charge in [0, 0.05) is 39.0 Å². The Labute approximate surface area is 334 Å². The number of halogens is 2. The molecule has 0 unspecified atom stereocenters. The molecule has 2 heterocycles. The highest BCUT2D eigenvalue weighted by Crippen LogP contribution is 2.30. The molecule has 18 heteroatoms. The molecule has 8 N–H and O–H groups in total. The Bertz CT molecular complexity index is 2210. The van der Waals surface area contributed by atoms with Crippen molar-refractivity contribution < 1.29 is 9.59 Å². The van der Waals surface area contributed by atoms with E-state index in [4.69, 9.17) is 34.7 Å². The van der Waals surface area contributed by atoms with Gasteiger partial charge in [-0.05, 0) is 47.5 Å². The summed E-state index contributed by atoms with van der Waals surface area (Å²) in [5.41, 5.74) is 16.1. The molecule has 55 heavy (non-hydrogen) atoms. The monoisotopic (exact) mass is 808 g/mol. The van der Waals surface area contributed by atoms with E-state index >= 15 is 0 Å². The van der Waals surface area contributed by atoms with Crippen molar-refractivity contribution >= 4 is 92.2 Å². The molecule has 4 aromatic rings. The summed E-state index contributed by atoms with van der Waals surface area (Å²) in [5.74, 6) is -0.340. The third-order valence-corrected chi connectivity index (χ3v) is 10.4. The minimum atomic E-state index is -0.640. The van der Waals surface area contributed by atoms with E-state index in [-0.39, 0.29) is 41.7 Å². The average molecular weight is 810 g/mol. The van der Waals surface area contributed by atoms with Crippen LogP contribution < -0.4 is 32.7 Å². The number of thioether (sulfide) groups is 2. The second-order valence-electron chi connectivity index (χ2n) is 11.8. The van der Waals surface area contributed by atoms with Crippen molar-refractivity contribution in [1.82, 2.24) is 10.6 Å². The topological polar surface area (TPSA) is 231 Å². The van der Waals surface area contributed by atoms with Gasteiger partial charge in [-0.25, -0.2) is 20.0 Å². The fourth-order valence-corrected chi connectivity index (χ4v) is 7.23. The summed E-state index contributed by atoms with van der Waals surface area (Å²) in [6, 6.07) is 28.7. The van der Waals surface area contributed by atoms with Gasteiger partial charge in [0.15, 0.2) is 34.6 Å². The zero-order chi connectivity index (χ0) is 38.9. The number of carbonyl (C=O) groups excluding carboxylic acids is 2. The van der Waals surface area contributed by atoms with Gasteiger partial charge in [0.2, 0.25) is 11.8 Å². The van der Waals surface area contributed by atoms with Gasteiger partial charge in [0.05, 0.1) is 34.8 Å². The minimum Gasteiger partial charge on any atom is -0.370 e. The maximum atomic E-state index is 12.9. The Morgan fingerprint density at radius 3 is 1.49 bits per heavy atom. The molecular weight excluding hydrogens is 780 g/mol. The van der Waals surface area contributed by atoms with Crippen LogP contribution in [0.3, 0.4) is 0 Å². The standard InChI is InChI=1S/C37H30Cl2N12O2S2/c38-28-7-3-1-5-26(28)32-46-34(42)50-36(48-32)54-18-30(52)44-24-11-9-20(22(14-24)16-40)13-21-10-12-25(15-23(21)17-41)45-31(53)19-55-37-49-33(47-35(43)51-37)27-6-2-4-8-29(27)39/h1-12,14-15,32-33H,13,18-19H2,(H,44,52)(H,45,53)(H3,42,46,48,50)(H3,43,47,49,51)/t32-,33-/m1/s1. The molecular formula is C37H30Cl2N12O2S2. The van der Waals surface area contributed by atoms with E-state index in [1.807, 2.05) is 12.1 Å². The van der Waals surface area contributed by atoms with Gasteiger partial charge in [-0.3, -0.25) is 9.59 Å². The number of benzene rings is 4. The third kappa shape index (κ3) is 10.1. The maximum Gasteiger partial charge on any atom is 0.234 e. The first-order valence-electron chi connectivity index (χ1n) is 16.3. The Morgan fingerprint density at radius 2 is 1.09 bits per heavy atom. The first-order chi connectivity index (χ1) is 26.6. The van der Waals surface area contributed by atoms with Crippen molar-refractivity contribution in [2.45, 2.75) is 18.8 Å². The molecule has 4 aromatic carbocycles. The number of hydrogen-bond donors (Lipinski definition) is 6. The summed E-state index contributed by atoms with van der Waals surface area (Å²) in [6.07, 6.45) is -1.01. The van der Waals surface area contributed by atoms with E-state index in [1.165, 1.54) is 0 Å². The quantitative estimate of drug-likeness (QED) is 0.116. The van der Waals surface area contributed by atoms with E-state index in [2.05, 4.69) is 53.4 Å². The summed E-state index contributed by atoms with van der Waals surface area (Å²) in [4.78, 5) is 43.3. The van der Waals surface area contributed by atoms with Crippen molar-refractivity contribution in [3.8, 4) is 12.1 Å². The molecule has 0 aromatic heterocycles. The summed E-state index contributed by atoms with van der Waals surface area (Å²) in [7, 11) is 0. The molecule has 2 aliphatic heterocycles. The fraction of sp³-hybridized carbons (Fsp3) is 0.135. The number of guanidine groups is 2. The molecule has 0 radical (unpaired) electrons. The van der Waals surface area contributed by atoms with Crippen molar-refractivity contribution in [3.63, 3.8) is 0 Å². The summed E-state index contributed by atoms with van der Waals surface area (Å²) < 4.78 is 0. The number of carbonyl (C=O) groups is 2. The highest BCUT2D eigenvalue weighted by atomic mass is 35.5. The molecule has 0 fully saturated rings. The molecule has 0 saturated carbocycles. The van der Waals surface area contributed by atoms with E-state index in [1.54, 1.807) is 72.8 Å². The van der Waals surface area contributed by atoms with Crippen LogP contribution in [0.25, 0.3) is 0 Å². The van der Waals surface area contributed by atoms with Crippen molar-refractivity contribution in [2.75, 3.05) is 22.1 Å². The predicted molar refractivity (Wildman–Crippen MR) is 220 cm³/mol. The number of nitriles is 2. The Morgan fingerprint density at radius 1 is 0.673 bits per heavy atom. The lowest BCUT2D eigenvalue weighted by molar-refractivity contribution is -0.114. The van der Waals surface area contributed by atoms with Gasteiger partial charge in [0.25, 0.3) is 0 Å². The summed E-state index contributed by atoms with van der Waals surface area (Å²) in [5, 5.41) is 33.0. The van der Waals surface area contributed by atoms with E-state index in [9.17, 15) is 20.1 Å². The number of nitrogens with zero attached hydrogens (tertiary/aromatic N) is 6. The number of aliphatic imine (C=N–C) groups is 4. The first-order valence-corrected chi connectivity index (χ1v) is 19.1. The molecule has 6 rings (SSSR count). The molecule has 0 spiro atoms. The fourth-order valence-electron chi connectivity index (χ4n) is 5.38. The maximum absolute atomic E-state index is 12.9. The normalized spacial score (nSPS) is 16.1. The van der Waals surface area contributed by atoms with Crippen LogP contribution in [0.5, 0.6) is 0 Å². The van der Waals surface area contributed by atoms with Gasteiger partial charge in [-0.2, -0.15) is 10.5 Å². The molecule has 2 amide bonds. The zero-order valence-electron chi connectivity index (χ0n) is 28.6. The van der Waals surface area contributed by atoms with E-state index in [0.29, 0.717) is 65.1 Å². The number of rotatable bonds is 10. The van der Waals surface area contributed by atoms with Gasteiger partial charge in [-0.15, -0.1) is 0 Å². The number of amidine groups is 2. The number of hydrogen-bond acceptors (Lipinski definition) is 14. The molecule has 0 bridgehead atoms. The predicted octanol–water partition coefficient (Wildman–Crippen LogP) is 5.62. The third-order valence-electron chi connectivity index (χ3n) is 7.93. The first kappa shape index (κ1) is 38.7. The lowest BCUT2D eigenvalue weighted by Gasteiger charge is -2.19. The van der Waals surface area contributed by atoms with Crippen LogP contribution in [0.15, 0.2) is 105 Å². The van der Waals surface area contributed by atoms with Gasteiger partial charge < -0.3 is 32.7 Å². The van der Waals surface area contributed by atoms with Crippen LogP contribution in [0.1, 0.15) is 45.7 Å². The van der Waals surface area contributed by atoms with E-state index < -0.39 is 12.3 Å². The molecule has 0 saturated heterocycles. The largest absolute Gasteiger partial charge is 0.370 e. The Kier molecular flexibility index (Phi) is 12.6. The Hall–Kier alpha value is -6.04. The molecule has 0 aliphatic carbocycles. The molecule has 2 atom stereocenters. The zero-order valence-corrected chi connectivity index (χ0v) is 31.7. The molecule has 276 valence electrons. The number of nitrogens with one attached hydrogen (secondary N) is 4. The van der Waals surface area contributed by atoms with Crippen LogP contribution >= 0.6 is 46.7 Å². The van der Waals surface area contributed by atoms with Crippen molar-refractivity contribution in [2.24, 2.45) is 31.4 Å².